The molecule has 0 saturated carbocycles. The van der Waals surface area contributed by atoms with Gasteiger partial charge >= 0.3 is 0 Å². The van der Waals surface area contributed by atoms with Gasteiger partial charge in [-0.15, -0.1) is 0 Å². The lowest BCUT2D eigenvalue weighted by Crippen LogP contribution is -2.13. The highest BCUT2D eigenvalue weighted by atomic mass is 31.1. The Morgan fingerprint density at radius 1 is 0.696 bits per heavy atom. The number of hydrogen-bond donors (Lipinski definition) is 2. The van der Waals surface area contributed by atoms with Crippen molar-refractivity contribution in [3.63, 3.8) is 0 Å². The second-order valence-corrected chi connectivity index (χ2v) is 13.5. The number of rotatable bonds is 8. The Labute approximate surface area is 146 Å². The van der Waals surface area contributed by atoms with E-state index in [4.69, 9.17) is 4.98 Å². The van der Waals surface area contributed by atoms with Crippen molar-refractivity contribution in [2.24, 2.45) is 0 Å². The number of pyridine rings is 1. The lowest BCUT2D eigenvalue weighted by atomic mass is 10.3. The van der Waals surface area contributed by atoms with E-state index in [0.717, 1.165) is 11.6 Å². The molecule has 5 heteroatoms. The van der Waals surface area contributed by atoms with Crippen LogP contribution < -0.4 is 10.2 Å². The van der Waals surface area contributed by atoms with E-state index in [0.29, 0.717) is 22.6 Å². The van der Waals surface area contributed by atoms with Crippen LogP contribution in [0.5, 0.6) is 0 Å². The standard InChI is InChI=1S/C18H35N3P2/c1-12(2)22(13(3)4)20-17-10-16(9)11-18(19-17)21-23(14(5)6)15(7)8/h10-15H,1-9H3,(H2,19,20,21). The van der Waals surface area contributed by atoms with E-state index in [1.54, 1.807) is 0 Å². The predicted octanol–water partition coefficient (Wildman–Crippen LogP) is 6.64. The summed E-state index contributed by atoms with van der Waals surface area (Å²) in [6.07, 6.45) is 0. The van der Waals surface area contributed by atoms with Crippen molar-refractivity contribution < 1.29 is 0 Å². The first-order valence-corrected chi connectivity index (χ1v) is 11.7. The van der Waals surface area contributed by atoms with Gasteiger partial charge in [-0.1, -0.05) is 55.4 Å². The molecule has 0 aromatic carbocycles. The van der Waals surface area contributed by atoms with Crippen molar-refractivity contribution in [2.75, 3.05) is 10.2 Å². The summed E-state index contributed by atoms with van der Waals surface area (Å²) in [6.45, 7) is 20.5. The number of anilines is 2. The van der Waals surface area contributed by atoms with Crippen LogP contribution in [0.4, 0.5) is 11.6 Å². The molecule has 0 spiro atoms. The highest BCUT2D eigenvalue weighted by Gasteiger charge is 2.20. The van der Waals surface area contributed by atoms with E-state index in [-0.39, 0.29) is 16.1 Å². The summed E-state index contributed by atoms with van der Waals surface area (Å²) < 4.78 is 0. The SMILES string of the molecule is Cc1cc(NP(C(C)C)C(C)C)nc(NP(C(C)C)C(C)C)c1. The fourth-order valence-corrected chi connectivity index (χ4v) is 6.93. The van der Waals surface area contributed by atoms with Gasteiger partial charge < -0.3 is 10.2 Å². The van der Waals surface area contributed by atoms with Gasteiger partial charge in [0.15, 0.2) is 0 Å². The summed E-state index contributed by atoms with van der Waals surface area (Å²) in [5.41, 5.74) is 3.84. The monoisotopic (exact) mass is 355 g/mol. The average Bonchev–Trinajstić information content (AvgIpc) is 2.40. The molecular weight excluding hydrogens is 320 g/mol. The molecule has 0 aliphatic carbocycles. The minimum atomic E-state index is -0.260. The van der Waals surface area contributed by atoms with Gasteiger partial charge in [0.05, 0.1) is 0 Å². The van der Waals surface area contributed by atoms with Crippen molar-refractivity contribution >= 4 is 27.8 Å². The predicted molar refractivity (Wildman–Crippen MR) is 111 cm³/mol. The molecule has 0 aliphatic heterocycles. The summed E-state index contributed by atoms with van der Waals surface area (Å²) in [6, 6.07) is 4.33. The Hall–Kier alpha value is -0.390. The Balaban J connectivity index is 2.99. The topological polar surface area (TPSA) is 37.0 Å². The minimum absolute atomic E-state index is 0.260. The molecule has 2 N–H and O–H groups in total. The molecule has 0 bridgehead atoms. The van der Waals surface area contributed by atoms with Crippen molar-refractivity contribution in [1.82, 2.24) is 4.98 Å². The maximum absolute atomic E-state index is 4.85. The number of hydrogen-bond acceptors (Lipinski definition) is 3. The average molecular weight is 355 g/mol. The van der Waals surface area contributed by atoms with Crippen LogP contribution in [0.2, 0.25) is 0 Å². The highest BCUT2D eigenvalue weighted by molar-refractivity contribution is 7.60. The van der Waals surface area contributed by atoms with Crippen LogP contribution in [0.1, 0.15) is 61.0 Å². The smallest absolute Gasteiger partial charge is 0.131 e. The molecule has 1 aromatic heterocycles. The third-order valence-electron chi connectivity index (χ3n) is 3.68. The molecule has 0 aliphatic rings. The number of nitrogens with one attached hydrogen (secondary N) is 2. The zero-order chi connectivity index (χ0) is 17.7. The van der Waals surface area contributed by atoms with Gasteiger partial charge in [-0.2, -0.15) is 0 Å². The van der Waals surface area contributed by atoms with Gasteiger partial charge in [-0.3, -0.25) is 0 Å². The Bertz CT molecular complexity index is 431. The molecule has 1 rings (SSSR count). The molecule has 0 amide bonds. The van der Waals surface area contributed by atoms with Crippen LogP contribution >= 0.6 is 16.1 Å². The molecule has 1 heterocycles. The molecule has 0 atom stereocenters. The second kappa shape index (κ2) is 9.19. The first-order chi connectivity index (χ1) is 10.6. The molecular formula is C18H35N3P2. The normalized spacial score (nSPS) is 12.3. The number of nitrogens with zero attached hydrogens (tertiary/aromatic N) is 1. The van der Waals surface area contributed by atoms with Crippen LogP contribution in [0.3, 0.4) is 0 Å². The fraction of sp³-hybridized carbons (Fsp3) is 0.722. The largest absolute Gasteiger partial charge is 0.349 e. The van der Waals surface area contributed by atoms with Gasteiger partial charge in [-0.05, 0) is 63.4 Å². The summed E-state index contributed by atoms with van der Waals surface area (Å²) in [7, 11) is -0.520. The maximum atomic E-state index is 4.85. The molecule has 0 radical (unpaired) electrons. The third-order valence-corrected chi connectivity index (χ3v) is 9.11. The van der Waals surface area contributed by atoms with Crippen LogP contribution in [0.15, 0.2) is 12.1 Å². The van der Waals surface area contributed by atoms with E-state index >= 15 is 0 Å². The van der Waals surface area contributed by atoms with E-state index < -0.39 is 0 Å². The van der Waals surface area contributed by atoms with Gasteiger partial charge in [0.25, 0.3) is 0 Å². The first kappa shape index (κ1) is 20.7. The molecule has 23 heavy (non-hydrogen) atoms. The van der Waals surface area contributed by atoms with Crippen LogP contribution in [-0.4, -0.2) is 27.6 Å². The van der Waals surface area contributed by atoms with Crippen molar-refractivity contribution in [3.05, 3.63) is 17.7 Å². The molecule has 0 fully saturated rings. The molecule has 3 nitrogen and oxygen atoms in total. The summed E-state index contributed by atoms with van der Waals surface area (Å²) >= 11 is 0. The minimum Gasteiger partial charge on any atom is -0.349 e. The lowest BCUT2D eigenvalue weighted by Gasteiger charge is -2.29. The van der Waals surface area contributed by atoms with Crippen molar-refractivity contribution in [3.8, 4) is 0 Å². The van der Waals surface area contributed by atoms with E-state index in [9.17, 15) is 0 Å². The molecule has 132 valence electrons. The van der Waals surface area contributed by atoms with E-state index in [1.807, 2.05) is 0 Å². The molecule has 0 saturated heterocycles. The lowest BCUT2D eigenvalue weighted by molar-refractivity contribution is 1.01. The summed E-state index contributed by atoms with van der Waals surface area (Å²) in [5.74, 6) is 2.03. The Morgan fingerprint density at radius 3 is 1.26 bits per heavy atom. The van der Waals surface area contributed by atoms with Gasteiger partial charge in [0.2, 0.25) is 0 Å². The second-order valence-electron chi connectivity index (χ2n) is 7.33. The van der Waals surface area contributed by atoms with E-state index in [1.165, 1.54) is 5.56 Å². The maximum Gasteiger partial charge on any atom is 0.131 e. The molecule has 0 unspecified atom stereocenters. The van der Waals surface area contributed by atoms with Gasteiger partial charge in [0.1, 0.15) is 11.6 Å². The zero-order valence-electron chi connectivity index (χ0n) is 16.3. The summed E-state index contributed by atoms with van der Waals surface area (Å²) in [4.78, 5) is 4.85. The Morgan fingerprint density at radius 2 is 1.00 bits per heavy atom. The van der Waals surface area contributed by atoms with E-state index in [2.05, 4.69) is 84.6 Å². The third kappa shape index (κ3) is 6.55. The highest BCUT2D eigenvalue weighted by Crippen LogP contribution is 2.47. The van der Waals surface area contributed by atoms with Gasteiger partial charge in [-0.25, -0.2) is 4.98 Å². The fourth-order valence-electron chi connectivity index (χ4n) is 2.76. The summed E-state index contributed by atoms with van der Waals surface area (Å²) in [5, 5.41) is 7.42. The van der Waals surface area contributed by atoms with Crippen molar-refractivity contribution in [2.45, 2.75) is 84.9 Å². The first-order valence-electron chi connectivity index (χ1n) is 8.70. The van der Waals surface area contributed by atoms with Crippen molar-refractivity contribution in [1.29, 1.82) is 0 Å². The Kier molecular flexibility index (Phi) is 8.25. The van der Waals surface area contributed by atoms with Crippen LogP contribution in [0.25, 0.3) is 0 Å². The van der Waals surface area contributed by atoms with Crippen LogP contribution in [-0.2, 0) is 0 Å². The quantitative estimate of drug-likeness (QED) is 0.513. The zero-order valence-corrected chi connectivity index (χ0v) is 18.1. The number of aryl methyl sites for hydroxylation is 1. The molecule has 1 aromatic rings. The van der Waals surface area contributed by atoms with Crippen LogP contribution in [0, 0.1) is 6.92 Å². The van der Waals surface area contributed by atoms with Gasteiger partial charge in [0, 0.05) is 0 Å². The number of aromatic nitrogens is 1.